The zero-order valence-corrected chi connectivity index (χ0v) is 22.6. The number of rotatable bonds is 7. The molecule has 0 aliphatic heterocycles. The number of esters is 1. The lowest BCUT2D eigenvalue weighted by molar-refractivity contribution is -0.137. The molecule has 1 amide bonds. The van der Waals surface area contributed by atoms with Crippen molar-refractivity contribution in [1.82, 2.24) is 9.97 Å². The van der Waals surface area contributed by atoms with Crippen LogP contribution in [-0.2, 0) is 10.9 Å². The minimum atomic E-state index is -4.76. The molecule has 0 atom stereocenters. The number of nitrogens with zero attached hydrogens (tertiary/aromatic N) is 2. The third-order valence-electron chi connectivity index (χ3n) is 6.03. The minimum absolute atomic E-state index is 0.0699. The maximum atomic E-state index is 13.5. The minimum Gasteiger partial charge on any atom is -0.491 e. The van der Waals surface area contributed by atoms with Crippen LogP contribution in [0.1, 0.15) is 65.7 Å². The summed E-state index contributed by atoms with van der Waals surface area (Å²) < 4.78 is 50.8. The smallest absolute Gasteiger partial charge is 0.416 e. The van der Waals surface area contributed by atoms with E-state index in [-0.39, 0.29) is 23.2 Å². The highest BCUT2D eigenvalue weighted by atomic mass is 19.4. The number of halogens is 3. The van der Waals surface area contributed by atoms with Crippen LogP contribution in [0.25, 0.3) is 22.2 Å². The zero-order chi connectivity index (χ0) is 29.2. The van der Waals surface area contributed by atoms with Gasteiger partial charge in [-0.2, -0.15) is 13.2 Å². The lowest BCUT2D eigenvalue weighted by Gasteiger charge is -2.14. The molecule has 0 spiro atoms. The van der Waals surface area contributed by atoms with Crippen molar-refractivity contribution in [3.63, 3.8) is 0 Å². The lowest BCUT2D eigenvalue weighted by atomic mass is 9.99. The van der Waals surface area contributed by atoms with Gasteiger partial charge in [0, 0.05) is 16.6 Å². The molecule has 10 heteroatoms. The van der Waals surface area contributed by atoms with Crippen LogP contribution in [0, 0.1) is 0 Å². The van der Waals surface area contributed by atoms with E-state index in [4.69, 9.17) is 4.74 Å². The first kappa shape index (κ1) is 28.5. The van der Waals surface area contributed by atoms with Crippen molar-refractivity contribution in [2.75, 3.05) is 12.4 Å². The Balaban J connectivity index is 1.80. The maximum absolute atomic E-state index is 13.5. The van der Waals surface area contributed by atoms with Gasteiger partial charge in [-0.1, -0.05) is 38.1 Å². The maximum Gasteiger partial charge on any atom is 0.416 e. The highest BCUT2D eigenvalue weighted by molar-refractivity contribution is 6.05. The molecule has 3 aromatic carbocycles. The van der Waals surface area contributed by atoms with Crippen LogP contribution in [0.2, 0.25) is 0 Å². The van der Waals surface area contributed by atoms with Gasteiger partial charge in [-0.05, 0) is 61.7 Å². The first-order chi connectivity index (χ1) is 18.8. The Kier molecular flexibility index (Phi) is 8.08. The molecule has 1 heterocycles. The van der Waals surface area contributed by atoms with Crippen molar-refractivity contribution < 1.29 is 32.2 Å². The standard InChI is InChI=1S/C30H28F3N3O4/c1-16(2)18-6-8-19(9-7-18)26-24-15-23(40-17(3)4)10-11-25(24)35-27(36-26)28(37)34-22-13-20(29(38)39-5)12-21(14-22)30(31,32)33/h6-17H,1-5H3,(H,34,37). The Labute approximate surface area is 229 Å². The summed E-state index contributed by atoms with van der Waals surface area (Å²) in [7, 11) is 1.05. The van der Waals surface area contributed by atoms with Crippen LogP contribution < -0.4 is 10.1 Å². The Morgan fingerprint density at radius 2 is 1.60 bits per heavy atom. The predicted molar refractivity (Wildman–Crippen MR) is 146 cm³/mol. The normalized spacial score (nSPS) is 11.7. The quantitative estimate of drug-likeness (QED) is 0.243. The van der Waals surface area contributed by atoms with Gasteiger partial charge in [0.1, 0.15) is 5.75 Å². The van der Waals surface area contributed by atoms with E-state index in [1.807, 2.05) is 38.1 Å². The molecule has 0 aliphatic rings. The first-order valence-corrected chi connectivity index (χ1v) is 12.6. The molecule has 0 saturated carbocycles. The summed E-state index contributed by atoms with van der Waals surface area (Å²) in [4.78, 5) is 34.1. The lowest BCUT2D eigenvalue weighted by Crippen LogP contribution is -2.18. The third kappa shape index (κ3) is 6.39. The molecule has 7 nitrogen and oxygen atoms in total. The first-order valence-electron chi connectivity index (χ1n) is 12.6. The molecule has 208 valence electrons. The molecular formula is C30H28F3N3O4. The summed E-state index contributed by atoms with van der Waals surface area (Å²) in [6.45, 7) is 7.96. The largest absolute Gasteiger partial charge is 0.491 e. The fourth-order valence-electron chi connectivity index (χ4n) is 4.09. The van der Waals surface area contributed by atoms with Gasteiger partial charge >= 0.3 is 12.1 Å². The molecule has 4 aromatic rings. The molecule has 1 aromatic heterocycles. The van der Waals surface area contributed by atoms with Crippen molar-refractivity contribution in [3.8, 4) is 17.0 Å². The Hall–Kier alpha value is -4.47. The molecule has 0 aliphatic carbocycles. The number of amides is 1. The summed E-state index contributed by atoms with van der Waals surface area (Å²) in [5.41, 5.74) is 1.00. The van der Waals surface area contributed by atoms with Gasteiger partial charge in [-0.25, -0.2) is 14.8 Å². The molecule has 0 bridgehead atoms. The number of methoxy groups -OCH3 is 1. The van der Waals surface area contributed by atoms with Crippen molar-refractivity contribution in [2.45, 2.75) is 45.9 Å². The van der Waals surface area contributed by atoms with E-state index in [9.17, 15) is 22.8 Å². The van der Waals surface area contributed by atoms with Crippen molar-refractivity contribution in [3.05, 3.63) is 83.2 Å². The summed E-state index contributed by atoms with van der Waals surface area (Å²) in [6, 6.07) is 15.4. The summed E-state index contributed by atoms with van der Waals surface area (Å²) in [6.07, 6.45) is -4.83. The Morgan fingerprint density at radius 1 is 0.900 bits per heavy atom. The zero-order valence-electron chi connectivity index (χ0n) is 22.6. The molecule has 4 rings (SSSR count). The number of ether oxygens (including phenoxy) is 2. The van der Waals surface area contributed by atoms with Gasteiger partial charge in [0.15, 0.2) is 0 Å². The van der Waals surface area contributed by atoms with Crippen molar-refractivity contribution in [1.29, 1.82) is 0 Å². The average Bonchev–Trinajstić information content (AvgIpc) is 2.91. The fourth-order valence-corrected chi connectivity index (χ4v) is 4.09. The highest BCUT2D eigenvalue weighted by Crippen LogP contribution is 2.33. The predicted octanol–water partition coefficient (Wildman–Crippen LogP) is 7.27. The second kappa shape index (κ2) is 11.3. The number of fused-ring (bicyclic) bond motifs is 1. The van der Waals surface area contributed by atoms with Crippen molar-refractivity contribution in [2.24, 2.45) is 0 Å². The molecule has 0 unspecified atom stereocenters. The summed E-state index contributed by atoms with van der Waals surface area (Å²) in [5, 5.41) is 3.04. The van der Waals surface area contributed by atoms with Crippen molar-refractivity contribution >= 4 is 28.5 Å². The van der Waals surface area contributed by atoms with E-state index in [0.29, 0.717) is 34.3 Å². The number of nitrogens with one attached hydrogen (secondary N) is 1. The second-order valence-corrected chi connectivity index (χ2v) is 9.76. The van der Waals surface area contributed by atoms with E-state index in [2.05, 4.69) is 33.9 Å². The highest BCUT2D eigenvalue weighted by Gasteiger charge is 2.32. The number of anilines is 1. The molecule has 1 N–H and O–H groups in total. The Bertz CT molecular complexity index is 1570. The monoisotopic (exact) mass is 551 g/mol. The van der Waals surface area contributed by atoms with E-state index in [1.165, 1.54) is 0 Å². The SMILES string of the molecule is COC(=O)c1cc(NC(=O)c2nc(-c3ccc(C(C)C)cc3)c3cc(OC(C)C)ccc3n2)cc(C(F)(F)F)c1. The van der Waals surface area contributed by atoms with Crippen LogP contribution in [0.15, 0.2) is 60.7 Å². The molecular weight excluding hydrogens is 523 g/mol. The molecule has 0 saturated heterocycles. The molecule has 0 fully saturated rings. The second-order valence-electron chi connectivity index (χ2n) is 9.76. The number of carbonyl (C=O) groups excluding carboxylic acids is 2. The van der Waals surface area contributed by atoms with Gasteiger partial charge in [0.05, 0.1) is 35.6 Å². The van der Waals surface area contributed by atoms with E-state index in [0.717, 1.165) is 30.4 Å². The van der Waals surface area contributed by atoms with E-state index >= 15 is 0 Å². The van der Waals surface area contributed by atoms with Crippen LogP contribution in [-0.4, -0.2) is 35.1 Å². The van der Waals surface area contributed by atoms with Crippen LogP contribution in [0.4, 0.5) is 18.9 Å². The van der Waals surface area contributed by atoms with Crippen LogP contribution in [0.3, 0.4) is 0 Å². The molecule has 40 heavy (non-hydrogen) atoms. The number of hydrogen-bond donors (Lipinski definition) is 1. The fraction of sp³-hybridized carbons (Fsp3) is 0.267. The van der Waals surface area contributed by atoms with E-state index in [1.54, 1.807) is 18.2 Å². The summed E-state index contributed by atoms with van der Waals surface area (Å²) >= 11 is 0. The van der Waals surface area contributed by atoms with Gasteiger partial charge in [0.2, 0.25) is 5.82 Å². The average molecular weight is 552 g/mol. The number of carbonyl (C=O) groups is 2. The van der Waals surface area contributed by atoms with Gasteiger partial charge in [-0.3, -0.25) is 4.79 Å². The number of benzene rings is 3. The van der Waals surface area contributed by atoms with Gasteiger partial charge in [-0.15, -0.1) is 0 Å². The van der Waals surface area contributed by atoms with Gasteiger partial charge in [0.25, 0.3) is 5.91 Å². The summed E-state index contributed by atoms with van der Waals surface area (Å²) in [5.74, 6) is -1.17. The number of aromatic nitrogens is 2. The number of hydrogen-bond acceptors (Lipinski definition) is 6. The van der Waals surface area contributed by atoms with Crippen LogP contribution >= 0.6 is 0 Å². The molecule has 0 radical (unpaired) electrons. The topological polar surface area (TPSA) is 90.4 Å². The van der Waals surface area contributed by atoms with Gasteiger partial charge < -0.3 is 14.8 Å². The third-order valence-corrected chi connectivity index (χ3v) is 6.03. The van der Waals surface area contributed by atoms with E-state index < -0.39 is 23.6 Å². The Morgan fingerprint density at radius 3 is 2.20 bits per heavy atom. The van der Waals surface area contributed by atoms with Crippen LogP contribution in [0.5, 0.6) is 5.75 Å². The number of alkyl halides is 3.